The number of H-pyrrole nitrogens is 1. The van der Waals surface area contributed by atoms with Gasteiger partial charge in [0.1, 0.15) is 5.82 Å². The number of imidazole rings is 1. The van der Waals surface area contributed by atoms with Crippen LogP contribution in [0.5, 0.6) is 0 Å². The van der Waals surface area contributed by atoms with E-state index in [1.807, 2.05) is 6.92 Å². The maximum Gasteiger partial charge on any atom is 0.305 e. The summed E-state index contributed by atoms with van der Waals surface area (Å²) in [7, 11) is 1.39. The minimum absolute atomic E-state index is 0.192. The van der Waals surface area contributed by atoms with Crippen molar-refractivity contribution in [1.82, 2.24) is 9.97 Å². The van der Waals surface area contributed by atoms with Gasteiger partial charge in [0.05, 0.1) is 13.5 Å². The van der Waals surface area contributed by atoms with Crippen LogP contribution in [-0.2, 0) is 16.0 Å². The Morgan fingerprint density at radius 2 is 2.50 bits per heavy atom. The molecule has 0 unspecified atom stereocenters. The van der Waals surface area contributed by atoms with Crippen molar-refractivity contribution < 1.29 is 9.53 Å². The third-order valence-electron chi connectivity index (χ3n) is 1.58. The number of methoxy groups -OCH3 is 1. The van der Waals surface area contributed by atoms with Gasteiger partial charge >= 0.3 is 5.97 Å². The first-order valence-electron chi connectivity index (χ1n) is 3.79. The molecule has 0 saturated carbocycles. The van der Waals surface area contributed by atoms with E-state index in [9.17, 15) is 4.79 Å². The van der Waals surface area contributed by atoms with E-state index in [0.29, 0.717) is 12.8 Å². The van der Waals surface area contributed by atoms with E-state index in [0.717, 1.165) is 11.5 Å². The number of hydrogen-bond acceptors (Lipinski definition) is 3. The standard InChI is InChI=1S/C8H12N2O2/c1-6-9-5-7(10-6)3-4-8(11)12-2/h5H,3-4H2,1-2H3,(H,9,10). The number of ether oxygens (including phenoxy) is 1. The number of carbonyl (C=O) groups excluding carboxylic acids is 1. The summed E-state index contributed by atoms with van der Waals surface area (Å²) < 4.78 is 4.51. The molecular formula is C8H12N2O2. The van der Waals surface area contributed by atoms with Crippen molar-refractivity contribution in [2.45, 2.75) is 19.8 Å². The summed E-state index contributed by atoms with van der Waals surface area (Å²) >= 11 is 0. The normalized spacial score (nSPS) is 9.83. The molecule has 0 radical (unpaired) electrons. The Bertz CT molecular complexity index is 268. The van der Waals surface area contributed by atoms with Crippen LogP contribution in [0.4, 0.5) is 0 Å². The van der Waals surface area contributed by atoms with E-state index < -0.39 is 0 Å². The maximum absolute atomic E-state index is 10.7. The van der Waals surface area contributed by atoms with Gasteiger partial charge in [-0.15, -0.1) is 0 Å². The van der Waals surface area contributed by atoms with Gasteiger partial charge in [0.15, 0.2) is 0 Å². The van der Waals surface area contributed by atoms with E-state index in [1.165, 1.54) is 7.11 Å². The average molecular weight is 168 g/mol. The van der Waals surface area contributed by atoms with Crippen LogP contribution in [0, 0.1) is 6.92 Å². The third kappa shape index (κ3) is 2.38. The highest BCUT2D eigenvalue weighted by molar-refractivity contribution is 5.69. The molecule has 1 aromatic rings. The highest BCUT2D eigenvalue weighted by Gasteiger charge is 2.02. The number of hydrogen-bond donors (Lipinski definition) is 1. The lowest BCUT2D eigenvalue weighted by atomic mass is 10.2. The quantitative estimate of drug-likeness (QED) is 0.680. The van der Waals surface area contributed by atoms with Gasteiger partial charge in [-0.3, -0.25) is 4.79 Å². The molecule has 4 heteroatoms. The molecule has 1 rings (SSSR count). The predicted octanol–water partition coefficient (Wildman–Crippen LogP) is 0.824. The zero-order valence-corrected chi connectivity index (χ0v) is 7.26. The highest BCUT2D eigenvalue weighted by atomic mass is 16.5. The molecule has 4 nitrogen and oxygen atoms in total. The summed E-state index contributed by atoms with van der Waals surface area (Å²) in [5, 5.41) is 0. The maximum atomic E-state index is 10.7. The van der Waals surface area contributed by atoms with Gasteiger partial charge in [-0.05, 0) is 13.3 Å². The molecule has 0 aliphatic heterocycles. The minimum atomic E-state index is -0.192. The molecule has 0 aromatic carbocycles. The molecule has 1 aromatic heterocycles. The van der Waals surface area contributed by atoms with Gasteiger partial charge in [0.2, 0.25) is 0 Å². The van der Waals surface area contributed by atoms with Crippen molar-refractivity contribution in [3.8, 4) is 0 Å². The molecule has 12 heavy (non-hydrogen) atoms. The van der Waals surface area contributed by atoms with Crippen LogP contribution in [0.1, 0.15) is 17.9 Å². The Hall–Kier alpha value is -1.32. The lowest BCUT2D eigenvalue weighted by molar-refractivity contribution is -0.140. The first-order valence-corrected chi connectivity index (χ1v) is 3.79. The smallest absolute Gasteiger partial charge is 0.305 e. The molecule has 0 saturated heterocycles. The highest BCUT2D eigenvalue weighted by Crippen LogP contribution is 2.00. The minimum Gasteiger partial charge on any atom is -0.469 e. The number of nitrogens with zero attached hydrogens (tertiary/aromatic N) is 1. The molecule has 1 heterocycles. The molecular weight excluding hydrogens is 156 g/mol. The van der Waals surface area contributed by atoms with E-state index >= 15 is 0 Å². The Labute approximate surface area is 71.0 Å². The molecule has 0 amide bonds. The Kier molecular flexibility index (Phi) is 2.85. The number of aromatic amines is 1. The van der Waals surface area contributed by atoms with E-state index in [2.05, 4.69) is 14.7 Å². The van der Waals surface area contributed by atoms with Crippen LogP contribution in [-0.4, -0.2) is 23.0 Å². The number of carbonyl (C=O) groups is 1. The lowest BCUT2D eigenvalue weighted by Crippen LogP contribution is -2.01. The van der Waals surface area contributed by atoms with Crippen molar-refractivity contribution in [2.24, 2.45) is 0 Å². The fourth-order valence-corrected chi connectivity index (χ4v) is 0.937. The Morgan fingerprint density at radius 3 is 3.00 bits per heavy atom. The van der Waals surface area contributed by atoms with Crippen LogP contribution >= 0.6 is 0 Å². The van der Waals surface area contributed by atoms with Gasteiger partial charge in [0.25, 0.3) is 0 Å². The predicted molar refractivity (Wildman–Crippen MR) is 43.7 cm³/mol. The summed E-state index contributed by atoms with van der Waals surface area (Å²) in [6.07, 6.45) is 2.80. The van der Waals surface area contributed by atoms with E-state index in [-0.39, 0.29) is 5.97 Å². The lowest BCUT2D eigenvalue weighted by Gasteiger charge is -1.95. The molecule has 0 fully saturated rings. The second-order valence-electron chi connectivity index (χ2n) is 2.57. The molecule has 0 aliphatic rings. The first kappa shape index (κ1) is 8.77. The van der Waals surface area contributed by atoms with Gasteiger partial charge < -0.3 is 9.72 Å². The number of esters is 1. The van der Waals surface area contributed by atoms with Crippen molar-refractivity contribution in [3.05, 3.63) is 17.7 Å². The number of nitrogens with one attached hydrogen (secondary N) is 1. The van der Waals surface area contributed by atoms with Crippen LogP contribution < -0.4 is 0 Å². The summed E-state index contributed by atoms with van der Waals surface area (Å²) in [6.45, 7) is 1.88. The summed E-state index contributed by atoms with van der Waals surface area (Å²) in [5.41, 5.74) is 0.970. The molecule has 0 bridgehead atoms. The SMILES string of the molecule is COC(=O)CCc1cnc(C)[nH]1. The summed E-state index contributed by atoms with van der Waals surface area (Å²) in [6, 6.07) is 0. The van der Waals surface area contributed by atoms with E-state index in [4.69, 9.17) is 0 Å². The molecule has 0 aliphatic carbocycles. The average Bonchev–Trinajstić information content (AvgIpc) is 2.47. The monoisotopic (exact) mass is 168 g/mol. The molecule has 0 atom stereocenters. The van der Waals surface area contributed by atoms with Crippen molar-refractivity contribution in [3.63, 3.8) is 0 Å². The second kappa shape index (κ2) is 3.90. The van der Waals surface area contributed by atoms with E-state index in [1.54, 1.807) is 6.20 Å². The fourth-order valence-electron chi connectivity index (χ4n) is 0.937. The van der Waals surface area contributed by atoms with Crippen molar-refractivity contribution in [2.75, 3.05) is 7.11 Å². The number of aryl methyl sites for hydroxylation is 2. The van der Waals surface area contributed by atoms with Crippen LogP contribution in [0.2, 0.25) is 0 Å². The van der Waals surface area contributed by atoms with Gasteiger partial charge in [-0.25, -0.2) is 4.98 Å². The zero-order valence-electron chi connectivity index (χ0n) is 7.26. The first-order chi connectivity index (χ1) is 5.72. The van der Waals surface area contributed by atoms with Crippen LogP contribution in [0.3, 0.4) is 0 Å². The molecule has 1 N–H and O–H groups in total. The van der Waals surface area contributed by atoms with Gasteiger partial charge in [-0.1, -0.05) is 0 Å². The van der Waals surface area contributed by atoms with Crippen LogP contribution in [0.25, 0.3) is 0 Å². The third-order valence-corrected chi connectivity index (χ3v) is 1.58. The van der Waals surface area contributed by atoms with Gasteiger partial charge in [0, 0.05) is 11.9 Å². The number of rotatable bonds is 3. The topological polar surface area (TPSA) is 55.0 Å². The zero-order chi connectivity index (χ0) is 8.97. The molecule has 0 spiro atoms. The summed E-state index contributed by atoms with van der Waals surface area (Å²) in [5.74, 6) is 0.678. The number of aromatic nitrogens is 2. The summed E-state index contributed by atoms with van der Waals surface area (Å²) in [4.78, 5) is 17.8. The van der Waals surface area contributed by atoms with Gasteiger partial charge in [-0.2, -0.15) is 0 Å². The van der Waals surface area contributed by atoms with Crippen molar-refractivity contribution >= 4 is 5.97 Å². The molecule has 66 valence electrons. The largest absolute Gasteiger partial charge is 0.469 e. The second-order valence-corrected chi connectivity index (χ2v) is 2.57. The Morgan fingerprint density at radius 1 is 1.75 bits per heavy atom. The van der Waals surface area contributed by atoms with Crippen LogP contribution in [0.15, 0.2) is 6.20 Å². The van der Waals surface area contributed by atoms with Crippen molar-refractivity contribution in [1.29, 1.82) is 0 Å². The Balaban J connectivity index is 2.38. The fraction of sp³-hybridized carbons (Fsp3) is 0.500.